The molecule has 8 heteroatoms. The Labute approximate surface area is 145 Å². The van der Waals surface area contributed by atoms with Gasteiger partial charge in [0.2, 0.25) is 5.91 Å². The minimum absolute atomic E-state index is 0.0185. The minimum Gasteiger partial charge on any atom is -0.495 e. The summed E-state index contributed by atoms with van der Waals surface area (Å²) in [6.07, 6.45) is 0.0185. The molecule has 0 unspecified atom stereocenters. The third kappa shape index (κ3) is 3.97. The van der Waals surface area contributed by atoms with Crippen molar-refractivity contribution in [2.75, 3.05) is 39.3 Å². The van der Waals surface area contributed by atoms with Gasteiger partial charge >= 0.3 is 5.97 Å². The maximum absolute atomic E-state index is 12.3. The van der Waals surface area contributed by atoms with Gasteiger partial charge in [0.1, 0.15) is 5.75 Å². The van der Waals surface area contributed by atoms with Gasteiger partial charge in [-0.2, -0.15) is 0 Å². The zero-order valence-corrected chi connectivity index (χ0v) is 14.5. The van der Waals surface area contributed by atoms with E-state index in [1.54, 1.807) is 32.3 Å². The SMILES string of the molecule is COc1ccc(Cl)cc1N1C[C@@H](C(=O)OCC(=O)N(C)C)CC1=O. The molecular formula is C16H19ClN2O5. The number of methoxy groups -OCH3 is 1. The molecule has 1 aromatic carbocycles. The highest BCUT2D eigenvalue weighted by molar-refractivity contribution is 6.31. The number of esters is 1. The normalized spacial score (nSPS) is 16.9. The van der Waals surface area contributed by atoms with Crippen molar-refractivity contribution in [3.8, 4) is 5.75 Å². The number of carbonyl (C=O) groups is 3. The monoisotopic (exact) mass is 354 g/mol. The quantitative estimate of drug-likeness (QED) is 0.746. The van der Waals surface area contributed by atoms with E-state index in [4.69, 9.17) is 21.1 Å². The van der Waals surface area contributed by atoms with Crippen LogP contribution in [0.25, 0.3) is 0 Å². The van der Waals surface area contributed by atoms with E-state index < -0.39 is 11.9 Å². The van der Waals surface area contributed by atoms with E-state index in [1.165, 1.54) is 16.9 Å². The Balaban J connectivity index is 2.07. The van der Waals surface area contributed by atoms with Crippen LogP contribution in [-0.2, 0) is 19.1 Å². The number of hydrogen-bond acceptors (Lipinski definition) is 5. The van der Waals surface area contributed by atoms with Gasteiger partial charge in [0.05, 0.1) is 18.7 Å². The average Bonchev–Trinajstić information content (AvgIpc) is 2.93. The lowest BCUT2D eigenvalue weighted by Crippen LogP contribution is -2.30. The van der Waals surface area contributed by atoms with E-state index in [9.17, 15) is 14.4 Å². The second-order valence-corrected chi connectivity index (χ2v) is 6.05. The third-order valence-corrected chi connectivity index (χ3v) is 3.96. The summed E-state index contributed by atoms with van der Waals surface area (Å²) in [4.78, 5) is 38.6. The summed E-state index contributed by atoms with van der Waals surface area (Å²) in [7, 11) is 4.64. The number of hydrogen-bond donors (Lipinski definition) is 0. The van der Waals surface area contributed by atoms with Crippen molar-refractivity contribution >= 4 is 35.1 Å². The summed E-state index contributed by atoms with van der Waals surface area (Å²) in [5, 5.41) is 0.459. The van der Waals surface area contributed by atoms with Crippen LogP contribution in [0.1, 0.15) is 6.42 Å². The number of ether oxygens (including phenoxy) is 2. The molecule has 1 aliphatic rings. The highest BCUT2D eigenvalue weighted by atomic mass is 35.5. The van der Waals surface area contributed by atoms with E-state index in [-0.39, 0.29) is 31.4 Å². The van der Waals surface area contributed by atoms with E-state index in [1.807, 2.05) is 0 Å². The zero-order valence-electron chi connectivity index (χ0n) is 13.7. The van der Waals surface area contributed by atoms with Crippen molar-refractivity contribution < 1.29 is 23.9 Å². The Morgan fingerprint density at radius 2 is 2.08 bits per heavy atom. The first kappa shape index (κ1) is 18.1. The third-order valence-electron chi connectivity index (χ3n) is 3.73. The lowest BCUT2D eigenvalue weighted by Gasteiger charge is -2.19. The number of benzene rings is 1. The fourth-order valence-corrected chi connectivity index (χ4v) is 2.52. The standard InChI is InChI=1S/C16H19ClN2O5/c1-18(2)15(21)9-24-16(22)10-6-14(20)19(8-10)12-7-11(17)4-5-13(12)23-3/h4-5,7,10H,6,8-9H2,1-3H3/t10-/m0/s1. The van der Waals surface area contributed by atoms with Crippen LogP contribution in [0.5, 0.6) is 5.75 Å². The Kier molecular flexibility index (Phi) is 5.66. The molecule has 2 rings (SSSR count). The lowest BCUT2D eigenvalue weighted by atomic mass is 10.1. The van der Waals surface area contributed by atoms with Gasteiger partial charge in [0, 0.05) is 32.1 Å². The smallest absolute Gasteiger partial charge is 0.311 e. The molecule has 2 amide bonds. The zero-order chi connectivity index (χ0) is 17.9. The summed E-state index contributed by atoms with van der Waals surface area (Å²) in [5.74, 6) is -1.25. The minimum atomic E-state index is -0.629. The first-order chi connectivity index (χ1) is 11.3. The number of nitrogens with zero attached hydrogens (tertiary/aromatic N) is 2. The molecule has 0 saturated carbocycles. The van der Waals surface area contributed by atoms with E-state index >= 15 is 0 Å². The highest BCUT2D eigenvalue weighted by Crippen LogP contribution is 2.35. The lowest BCUT2D eigenvalue weighted by molar-refractivity contribution is -0.154. The molecule has 7 nitrogen and oxygen atoms in total. The second kappa shape index (κ2) is 7.53. The van der Waals surface area contributed by atoms with Crippen LogP contribution in [0.4, 0.5) is 5.69 Å². The summed E-state index contributed by atoms with van der Waals surface area (Å²) >= 11 is 5.99. The maximum Gasteiger partial charge on any atom is 0.311 e. The van der Waals surface area contributed by atoms with Gasteiger partial charge in [-0.3, -0.25) is 14.4 Å². The number of halogens is 1. The van der Waals surface area contributed by atoms with Crippen molar-refractivity contribution in [3.63, 3.8) is 0 Å². The number of carbonyl (C=O) groups excluding carboxylic acids is 3. The summed E-state index contributed by atoms with van der Waals surface area (Å²) in [5.41, 5.74) is 0.509. The molecule has 1 saturated heterocycles. The Morgan fingerprint density at radius 1 is 1.38 bits per heavy atom. The van der Waals surface area contributed by atoms with Crippen molar-refractivity contribution in [1.29, 1.82) is 0 Å². The Morgan fingerprint density at radius 3 is 2.71 bits per heavy atom. The Hall–Kier alpha value is -2.28. The molecule has 0 aliphatic carbocycles. The Bertz CT molecular complexity index is 662. The van der Waals surface area contributed by atoms with Gasteiger partial charge in [-0.05, 0) is 18.2 Å². The van der Waals surface area contributed by atoms with Crippen LogP contribution in [0.15, 0.2) is 18.2 Å². The van der Waals surface area contributed by atoms with Crippen molar-refractivity contribution in [2.24, 2.45) is 5.92 Å². The van der Waals surface area contributed by atoms with Crippen LogP contribution >= 0.6 is 11.6 Å². The van der Waals surface area contributed by atoms with Crippen LogP contribution in [-0.4, -0.2) is 57.0 Å². The van der Waals surface area contributed by atoms with E-state index in [2.05, 4.69) is 0 Å². The van der Waals surface area contributed by atoms with Crippen LogP contribution in [0.2, 0.25) is 5.02 Å². The predicted molar refractivity (Wildman–Crippen MR) is 88.1 cm³/mol. The van der Waals surface area contributed by atoms with E-state index in [0.29, 0.717) is 16.5 Å². The van der Waals surface area contributed by atoms with Crippen LogP contribution in [0, 0.1) is 5.92 Å². The topological polar surface area (TPSA) is 76.2 Å². The van der Waals surface area contributed by atoms with Gasteiger partial charge in [0.15, 0.2) is 6.61 Å². The molecule has 1 aliphatic heterocycles. The maximum atomic E-state index is 12.3. The average molecular weight is 355 g/mol. The van der Waals surface area contributed by atoms with Gasteiger partial charge < -0.3 is 19.3 Å². The predicted octanol–water partition coefficient (Wildman–Crippen LogP) is 1.33. The first-order valence-corrected chi connectivity index (χ1v) is 7.72. The molecule has 1 aromatic rings. The second-order valence-electron chi connectivity index (χ2n) is 5.62. The molecular weight excluding hydrogens is 336 g/mol. The number of anilines is 1. The molecule has 1 heterocycles. The summed E-state index contributed by atoms with van der Waals surface area (Å²) in [6.45, 7) is -0.179. The number of likely N-dealkylation sites (N-methyl/N-ethyl adjacent to an activating group) is 1. The van der Waals surface area contributed by atoms with Gasteiger partial charge in [-0.1, -0.05) is 11.6 Å². The summed E-state index contributed by atoms with van der Waals surface area (Å²) < 4.78 is 10.2. The largest absolute Gasteiger partial charge is 0.495 e. The molecule has 1 atom stereocenters. The fraction of sp³-hybridized carbons (Fsp3) is 0.438. The molecule has 0 bridgehead atoms. The van der Waals surface area contributed by atoms with Crippen molar-refractivity contribution in [2.45, 2.75) is 6.42 Å². The number of rotatable bonds is 5. The van der Waals surface area contributed by atoms with Crippen molar-refractivity contribution in [3.05, 3.63) is 23.2 Å². The van der Waals surface area contributed by atoms with Crippen molar-refractivity contribution in [1.82, 2.24) is 4.90 Å². The van der Waals surface area contributed by atoms with E-state index in [0.717, 1.165) is 0 Å². The molecule has 24 heavy (non-hydrogen) atoms. The molecule has 0 aromatic heterocycles. The highest BCUT2D eigenvalue weighted by Gasteiger charge is 2.37. The number of amides is 2. The van der Waals surface area contributed by atoms with Gasteiger partial charge in [0.25, 0.3) is 5.91 Å². The first-order valence-electron chi connectivity index (χ1n) is 7.34. The van der Waals surface area contributed by atoms with Gasteiger partial charge in [-0.15, -0.1) is 0 Å². The summed E-state index contributed by atoms with van der Waals surface area (Å²) in [6, 6.07) is 4.93. The molecule has 130 valence electrons. The molecule has 0 N–H and O–H groups in total. The van der Waals surface area contributed by atoms with Crippen LogP contribution in [0.3, 0.4) is 0 Å². The molecule has 1 fully saturated rings. The molecule has 0 radical (unpaired) electrons. The fourth-order valence-electron chi connectivity index (χ4n) is 2.35. The van der Waals surface area contributed by atoms with Gasteiger partial charge in [-0.25, -0.2) is 0 Å². The van der Waals surface area contributed by atoms with Crippen LogP contribution < -0.4 is 9.64 Å². The molecule has 0 spiro atoms.